The number of carbonyl (C=O) groups excluding carboxylic acids is 1. The highest BCUT2D eigenvalue weighted by Crippen LogP contribution is 2.29. The van der Waals surface area contributed by atoms with Crippen LogP contribution in [-0.4, -0.2) is 52.6 Å². The Labute approximate surface area is 162 Å². The summed E-state index contributed by atoms with van der Waals surface area (Å²) in [4.78, 5) is 14.7. The maximum absolute atomic E-state index is 13.0. The minimum absolute atomic E-state index is 0.00833. The number of nitrogens with zero attached hydrogens (tertiary/aromatic N) is 1. The Morgan fingerprint density at radius 2 is 1.81 bits per heavy atom. The lowest BCUT2D eigenvalue weighted by Crippen LogP contribution is -2.50. The van der Waals surface area contributed by atoms with Gasteiger partial charge in [0.25, 0.3) is 0 Å². The molecule has 1 fully saturated rings. The van der Waals surface area contributed by atoms with Gasteiger partial charge in [-0.25, -0.2) is 8.42 Å². The molecule has 2 rings (SSSR count). The molecule has 0 bridgehead atoms. The van der Waals surface area contributed by atoms with Gasteiger partial charge in [-0.15, -0.1) is 0 Å². The monoisotopic (exact) mass is 398 g/mol. The van der Waals surface area contributed by atoms with E-state index < -0.39 is 16.1 Å². The summed E-state index contributed by atoms with van der Waals surface area (Å²) >= 11 is 0. The highest BCUT2D eigenvalue weighted by atomic mass is 32.2. The van der Waals surface area contributed by atoms with Crippen LogP contribution in [-0.2, 0) is 14.8 Å². The van der Waals surface area contributed by atoms with Gasteiger partial charge in [0.1, 0.15) is 22.4 Å². The topological polar surface area (TPSA) is 84.9 Å². The van der Waals surface area contributed by atoms with Crippen molar-refractivity contribution in [1.29, 1.82) is 0 Å². The first kappa shape index (κ1) is 21.5. The van der Waals surface area contributed by atoms with E-state index in [1.54, 1.807) is 11.0 Å². The number of ether oxygens (including phenoxy) is 2. The molecule has 1 N–H and O–H groups in total. The first-order chi connectivity index (χ1) is 12.8. The third-order valence-corrected chi connectivity index (χ3v) is 6.14. The molecule has 1 saturated heterocycles. The Balaban J connectivity index is 2.28. The maximum atomic E-state index is 13.0. The number of sulfonamides is 1. The van der Waals surface area contributed by atoms with Gasteiger partial charge in [0.05, 0.1) is 14.2 Å². The molecule has 27 heavy (non-hydrogen) atoms. The molecule has 0 unspecified atom stereocenters. The van der Waals surface area contributed by atoms with Crippen LogP contribution in [0.2, 0.25) is 0 Å². The molecule has 1 aromatic carbocycles. The minimum atomic E-state index is -3.93. The first-order valence-electron chi connectivity index (χ1n) is 9.31. The number of carbonyl (C=O) groups is 1. The van der Waals surface area contributed by atoms with Crippen LogP contribution in [0.4, 0.5) is 0 Å². The summed E-state index contributed by atoms with van der Waals surface area (Å²) in [5.41, 5.74) is 0. The molecule has 0 saturated carbocycles. The third kappa shape index (κ3) is 5.59. The normalized spacial score (nSPS) is 16.3. The summed E-state index contributed by atoms with van der Waals surface area (Å²) in [7, 11) is -1.04. The first-order valence-corrected chi connectivity index (χ1v) is 10.8. The number of nitrogens with one attached hydrogen (secondary N) is 1. The number of methoxy groups -OCH3 is 2. The number of hydrogen-bond acceptors (Lipinski definition) is 5. The lowest BCUT2D eigenvalue weighted by molar-refractivity contribution is -0.134. The Kier molecular flexibility index (Phi) is 7.49. The fourth-order valence-electron chi connectivity index (χ4n) is 3.25. The van der Waals surface area contributed by atoms with Crippen LogP contribution < -0.4 is 14.2 Å². The molecule has 1 heterocycles. The van der Waals surface area contributed by atoms with Gasteiger partial charge in [0.15, 0.2) is 0 Å². The van der Waals surface area contributed by atoms with E-state index in [1.165, 1.54) is 26.4 Å². The Hall–Kier alpha value is -1.80. The van der Waals surface area contributed by atoms with E-state index in [0.29, 0.717) is 25.3 Å². The standard InChI is InChI=1S/C19H30N2O5S/c1-14(2)12-16(19(22)21-10-6-5-7-11-21)20-27(23,24)18-9-8-15(25-3)13-17(18)26-4/h8-9,13-14,16,20H,5-7,10-12H2,1-4H3/t16-/m1/s1. The van der Waals surface area contributed by atoms with Gasteiger partial charge in [-0.1, -0.05) is 13.8 Å². The molecule has 7 nitrogen and oxygen atoms in total. The number of hydrogen-bond donors (Lipinski definition) is 1. The molecule has 1 atom stereocenters. The molecular formula is C19H30N2O5S. The largest absolute Gasteiger partial charge is 0.497 e. The SMILES string of the molecule is COc1ccc(S(=O)(=O)N[C@H](CC(C)C)C(=O)N2CCCCC2)c(OC)c1. The second-order valence-electron chi connectivity index (χ2n) is 7.21. The van der Waals surface area contributed by atoms with E-state index in [0.717, 1.165) is 19.3 Å². The smallest absolute Gasteiger partial charge is 0.244 e. The number of amides is 1. The summed E-state index contributed by atoms with van der Waals surface area (Å²) in [6.07, 6.45) is 3.46. The van der Waals surface area contributed by atoms with E-state index in [2.05, 4.69) is 4.72 Å². The van der Waals surface area contributed by atoms with E-state index in [-0.39, 0.29) is 22.5 Å². The minimum Gasteiger partial charge on any atom is -0.497 e. The van der Waals surface area contributed by atoms with Crippen LogP contribution in [0.15, 0.2) is 23.1 Å². The van der Waals surface area contributed by atoms with E-state index >= 15 is 0 Å². The molecule has 0 radical (unpaired) electrons. The number of piperidine rings is 1. The van der Waals surface area contributed by atoms with E-state index in [1.807, 2.05) is 13.8 Å². The fraction of sp³-hybridized carbons (Fsp3) is 0.632. The highest BCUT2D eigenvalue weighted by molar-refractivity contribution is 7.89. The molecule has 8 heteroatoms. The molecule has 0 aromatic heterocycles. The van der Waals surface area contributed by atoms with E-state index in [9.17, 15) is 13.2 Å². The van der Waals surface area contributed by atoms with Crippen LogP contribution in [0.5, 0.6) is 11.5 Å². The van der Waals surface area contributed by atoms with Crippen molar-refractivity contribution in [3.63, 3.8) is 0 Å². The van der Waals surface area contributed by atoms with Gasteiger partial charge >= 0.3 is 0 Å². The van der Waals surface area contributed by atoms with Gasteiger partial charge in [0, 0.05) is 19.2 Å². The zero-order valence-corrected chi connectivity index (χ0v) is 17.3. The molecular weight excluding hydrogens is 368 g/mol. The van der Waals surface area contributed by atoms with Crippen LogP contribution in [0, 0.1) is 5.92 Å². The average molecular weight is 399 g/mol. The van der Waals surface area contributed by atoms with Crippen molar-refractivity contribution in [3.8, 4) is 11.5 Å². The highest BCUT2D eigenvalue weighted by Gasteiger charge is 2.31. The molecule has 0 aliphatic carbocycles. The molecule has 0 spiro atoms. The maximum Gasteiger partial charge on any atom is 0.244 e. The number of likely N-dealkylation sites (tertiary alicyclic amines) is 1. The zero-order chi connectivity index (χ0) is 20.0. The van der Waals surface area contributed by atoms with Gasteiger partial charge in [-0.3, -0.25) is 4.79 Å². The second-order valence-corrected chi connectivity index (χ2v) is 8.89. The summed E-state index contributed by atoms with van der Waals surface area (Å²) in [5, 5.41) is 0. The van der Waals surface area contributed by atoms with Crippen molar-refractivity contribution in [2.75, 3.05) is 27.3 Å². The lowest BCUT2D eigenvalue weighted by atomic mass is 10.0. The average Bonchev–Trinajstić information content (AvgIpc) is 2.66. The summed E-state index contributed by atoms with van der Waals surface area (Å²) < 4.78 is 38.9. The van der Waals surface area contributed by atoms with Crippen molar-refractivity contribution < 1.29 is 22.7 Å². The van der Waals surface area contributed by atoms with Crippen LogP contribution in [0.25, 0.3) is 0 Å². The number of benzene rings is 1. The Morgan fingerprint density at radius 3 is 2.37 bits per heavy atom. The van der Waals surface area contributed by atoms with Gasteiger partial charge in [-0.05, 0) is 43.7 Å². The van der Waals surface area contributed by atoms with Gasteiger partial charge < -0.3 is 14.4 Å². The lowest BCUT2D eigenvalue weighted by Gasteiger charge is -2.31. The van der Waals surface area contributed by atoms with Crippen molar-refractivity contribution in [2.45, 2.75) is 50.5 Å². The van der Waals surface area contributed by atoms with Crippen molar-refractivity contribution in [1.82, 2.24) is 9.62 Å². The molecule has 1 aliphatic heterocycles. The summed E-state index contributed by atoms with van der Waals surface area (Å²) in [6.45, 7) is 5.31. The van der Waals surface area contributed by atoms with Crippen LogP contribution in [0.3, 0.4) is 0 Å². The fourth-order valence-corrected chi connectivity index (χ4v) is 4.61. The van der Waals surface area contributed by atoms with Crippen molar-refractivity contribution in [3.05, 3.63) is 18.2 Å². The van der Waals surface area contributed by atoms with Crippen LogP contribution >= 0.6 is 0 Å². The molecule has 1 aliphatic rings. The summed E-state index contributed by atoms with van der Waals surface area (Å²) in [6, 6.07) is 3.71. The predicted octanol–water partition coefficient (Wildman–Crippen LogP) is 2.41. The van der Waals surface area contributed by atoms with Crippen molar-refractivity contribution >= 4 is 15.9 Å². The number of rotatable bonds is 8. The molecule has 152 valence electrons. The molecule has 1 amide bonds. The van der Waals surface area contributed by atoms with Crippen LogP contribution in [0.1, 0.15) is 39.5 Å². The third-order valence-electron chi connectivity index (χ3n) is 4.63. The predicted molar refractivity (Wildman–Crippen MR) is 104 cm³/mol. The second kappa shape index (κ2) is 9.41. The van der Waals surface area contributed by atoms with E-state index in [4.69, 9.17) is 9.47 Å². The quantitative estimate of drug-likeness (QED) is 0.727. The van der Waals surface area contributed by atoms with Crippen molar-refractivity contribution in [2.24, 2.45) is 5.92 Å². The molecule has 1 aromatic rings. The van der Waals surface area contributed by atoms with Gasteiger partial charge in [0.2, 0.25) is 15.9 Å². The zero-order valence-electron chi connectivity index (χ0n) is 16.5. The Bertz CT molecular complexity index is 742. The Morgan fingerprint density at radius 1 is 1.15 bits per heavy atom. The summed E-state index contributed by atoms with van der Waals surface area (Å²) in [5.74, 6) is 0.688. The van der Waals surface area contributed by atoms with Gasteiger partial charge in [-0.2, -0.15) is 4.72 Å².